The van der Waals surface area contributed by atoms with Gasteiger partial charge in [0.15, 0.2) is 0 Å². The minimum atomic E-state index is -0.120. The van der Waals surface area contributed by atoms with Crippen LogP contribution in [0.4, 0.5) is 10.5 Å². The highest BCUT2D eigenvalue weighted by Crippen LogP contribution is 2.20. The first-order valence-corrected chi connectivity index (χ1v) is 6.92. The highest BCUT2D eigenvalue weighted by molar-refractivity contribution is 5.89. The maximum atomic E-state index is 12.2. The highest BCUT2D eigenvalue weighted by Gasteiger charge is 2.25. The molecule has 20 heavy (non-hydrogen) atoms. The highest BCUT2D eigenvalue weighted by atomic mass is 16.2. The van der Waals surface area contributed by atoms with Crippen LogP contribution in [0.25, 0.3) is 0 Å². The Balaban J connectivity index is 1.99. The molecule has 1 fully saturated rings. The zero-order valence-electron chi connectivity index (χ0n) is 11.7. The van der Waals surface area contributed by atoms with Gasteiger partial charge in [0.05, 0.1) is 11.6 Å². The molecule has 0 bridgehead atoms. The summed E-state index contributed by atoms with van der Waals surface area (Å²) in [6.07, 6.45) is 2.06. The summed E-state index contributed by atoms with van der Waals surface area (Å²) in [6, 6.07) is 8.97. The van der Waals surface area contributed by atoms with Gasteiger partial charge in [-0.1, -0.05) is 6.07 Å². The van der Waals surface area contributed by atoms with Crippen LogP contribution in [-0.2, 0) is 0 Å². The van der Waals surface area contributed by atoms with Crippen molar-refractivity contribution in [2.24, 2.45) is 11.7 Å². The molecule has 0 aromatic heterocycles. The molecule has 106 valence electrons. The van der Waals surface area contributed by atoms with Crippen LogP contribution < -0.4 is 11.1 Å². The molecule has 5 heteroatoms. The number of hydrogen-bond acceptors (Lipinski definition) is 3. The number of nitrogens with two attached hydrogens (primary N) is 1. The third kappa shape index (κ3) is 3.49. The number of benzene rings is 1. The molecule has 0 saturated carbocycles. The summed E-state index contributed by atoms with van der Waals surface area (Å²) >= 11 is 0. The van der Waals surface area contributed by atoms with Crippen LogP contribution in [0.5, 0.6) is 0 Å². The Bertz CT molecular complexity index is 521. The van der Waals surface area contributed by atoms with Gasteiger partial charge in [0.25, 0.3) is 0 Å². The fraction of sp³-hybridized carbons (Fsp3) is 0.467. The van der Waals surface area contributed by atoms with E-state index in [4.69, 9.17) is 11.0 Å². The lowest BCUT2D eigenvalue weighted by molar-refractivity contribution is 0.169. The van der Waals surface area contributed by atoms with Gasteiger partial charge in [0, 0.05) is 24.8 Å². The lowest BCUT2D eigenvalue weighted by Crippen LogP contribution is -2.46. The Morgan fingerprint density at radius 1 is 1.60 bits per heavy atom. The minimum Gasteiger partial charge on any atom is -0.328 e. The molecule has 1 aromatic rings. The van der Waals surface area contributed by atoms with Gasteiger partial charge in [-0.25, -0.2) is 4.79 Å². The molecule has 0 radical (unpaired) electrons. The van der Waals surface area contributed by atoms with E-state index < -0.39 is 0 Å². The van der Waals surface area contributed by atoms with Crippen LogP contribution >= 0.6 is 0 Å². The lowest BCUT2D eigenvalue weighted by atomic mass is 9.92. The van der Waals surface area contributed by atoms with Crippen molar-refractivity contribution in [3.05, 3.63) is 29.8 Å². The van der Waals surface area contributed by atoms with Crippen LogP contribution in [0.1, 0.15) is 25.3 Å². The second-order valence-electron chi connectivity index (χ2n) is 5.33. The second-order valence-corrected chi connectivity index (χ2v) is 5.33. The summed E-state index contributed by atoms with van der Waals surface area (Å²) in [5, 5.41) is 11.7. The van der Waals surface area contributed by atoms with Gasteiger partial charge in [0.1, 0.15) is 0 Å². The van der Waals surface area contributed by atoms with Crippen molar-refractivity contribution in [2.45, 2.75) is 25.8 Å². The summed E-state index contributed by atoms with van der Waals surface area (Å²) in [7, 11) is 0. The summed E-state index contributed by atoms with van der Waals surface area (Å²) in [6.45, 7) is 3.44. The van der Waals surface area contributed by atoms with E-state index in [1.807, 2.05) is 6.92 Å². The molecule has 0 spiro atoms. The number of piperidine rings is 1. The van der Waals surface area contributed by atoms with E-state index in [1.54, 1.807) is 29.2 Å². The topological polar surface area (TPSA) is 82.2 Å². The van der Waals surface area contributed by atoms with Crippen LogP contribution in [-0.4, -0.2) is 30.1 Å². The number of nitrogens with zero attached hydrogens (tertiary/aromatic N) is 2. The molecule has 0 aliphatic carbocycles. The van der Waals surface area contributed by atoms with Gasteiger partial charge in [-0.3, -0.25) is 0 Å². The van der Waals surface area contributed by atoms with Crippen molar-refractivity contribution in [1.82, 2.24) is 4.90 Å². The number of rotatable bonds is 2. The van der Waals surface area contributed by atoms with Crippen LogP contribution in [0, 0.1) is 17.2 Å². The van der Waals surface area contributed by atoms with E-state index in [2.05, 4.69) is 11.4 Å². The molecule has 2 atom stereocenters. The minimum absolute atomic E-state index is 0.104. The maximum absolute atomic E-state index is 12.2. The van der Waals surface area contributed by atoms with E-state index in [-0.39, 0.29) is 12.1 Å². The first-order valence-electron chi connectivity index (χ1n) is 6.92. The summed E-state index contributed by atoms with van der Waals surface area (Å²) < 4.78 is 0. The van der Waals surface area contributed by atoms with Gasteiger partial charge >= 0.3 is 6.03 Å². The van der Waals surface area contributed by atoms with E-state index in [1.165, 1.54) is 0 Å². The molecule has 1 aliphatic heterocycles. The molecule has 1 heterocycles. The standard InChI is InChI=1S/C15H20N4O/c1-11(17)13-5-3-7-19(10-13)15(20)18-14-6-2-4-12(8-14)9-16/h2,4,6,8,11,13H,3,5,7,10,17H2,1H3,(H,18,20). The Morgan fingerprint density at radius 2 is 2.40 bits per heavy atom. The quantitative estimate of drug-likeness (QED) is 0.865. The van der Waals surface area contributed by atoms with E-state index in [0.717, 1.165) is 19.4 Å². The number of urea groups is 1. The van der Waals surface area contributed by atoms with Gasteiger partial charge in [-0.2, -0.15) is 5.26 Å². The second kappa shape index (κ2) is 6.40. The Morgan fingerprint density at radius 3 is 3.10 bits per heavy atom. The molecule has 3 N–H and O–H groups in total. The number of likely N-dealkylation sites (tertiary alicyclic amines) is 1. The predicted molar refractivity (Wildman–Crippen MR) is 78.1 cm³/mol. The summed E-state index contributed by atoms with van der Waals surface area (Å²) in [4.78, 5) is 14.0. The van der Waals surface area contributed by atoms with Gasteiger partial charge in [0.2, 0.25) is 0 Å². The van der Waals surface area contributed by atoms with Gasteiger partial charge < -0.3 is 16.0 Å². The van der Waals surface area contributed by atoms with Crippen LogP contribution in [0.15, 0.2) is 24.3 Å². The largest absolute Gasteiger partial charge is 0.328 e. The molecule has 2 rings (SSSR count). The Labute approximate surface area is 119 Å². The first-order chi connectivity index (χ1) is 9.60. The fourth-order valence-electron chi connectivity index (χ4n) is 2.49. The van der Waals surface area contributed by atoms with Gasteiger partial charge in [-0.15, -0.1) is 0 Å². The van der Waals surface area contributed by atoms with Crippen molar-refractivity contribution in [3.8, 4) is 6.07 Å². The summed E-state index contributed by atoms with van der Waals surface area (Å²) in [5.41, 5.74) is 7.11. The smallest absolute Gasteiger partial charge is 0.321 e. The van der Waals surface area contributed by atoms with Crippen molar-refractivity contribution < 1.29 is 4.79 Å². The van der Waals surface area contributed by atoms with Gasteiger partial charge in [-0.05, 0) is 43.9 Å². The number of carbonyl (C=O) groups is 1. The first kappa shape index (κ1) is 14.4. The predicted octanol–water partition coefficient (Wildman–Crippen LogP) is 2.15. The number of amides is 2. The van der Waals surface area contributed by atoms with Crippen LogP contribution in [0.2, 0.25) is 0 Å². The number of carbonyl (C=O) groups excluding carboxylic acids is 1. The molecular formula is C15H20N4O. The fourth-order valence-corrected chi connectivity index (χ4v) is 2.49. The number of nitrogens with one attached hydrogen (secondary N) is 1. The SMILES string of the molecule is CC(N)C1CCCN(C(=O)Nc2cccc(C#N)c2)C1. The molecule has 2 amide bonds. The number of nitriles is 1. The zero-order chi connectivity index (χ0) is 14.5. The van der Waals surface area contributed by atoms with Crippen molar-refractivity contribution in [3.63, 3.8) is 0 Å². The lowest BCUT2D eigenvalue weighted by Gasteiger charge is -2.34. The summed E-state index contributed by atoms with van der Waals surface area (Å²) in [5.74, 6) is 0.361. The number of anilines is 1. The number of hydrogen-bond donors (Lipinski definition) is 2. The monoisotopic (exact) mass is 272 g/mol. The molecule has 5 nitrogen and oxygen atoms in total. The van der Waals surface area contributed by atoms with E-state index in [0.29, 0.717) is 23.7 Å². The average Bonchev–Trinajstić information content (AvgIpc) is 2.47. The molecule has 1 aliphatic rings. The third-order valence-electron chi connectivity index (χ3n) is 3.73. The van der Waals surface area contributed by atoms with Crippen molar-refractivity contribution in [1.29, 1.82) is 5.26 Å². The third-order valence-corrected chi connectivity index (χ3v) is 3.73. The molecular weight excluding hydrogens is 252 g/mol. The normalized spacial score (nSPS) is 20.1. The molecule has 1 saturated heterocycles. The van der Waals surface area contributed by atoms with E-state index in [9.17, 15) is 4.79 Å². The molecule has 2 unspecified atom stereocenters. The Hall–Kier alpha value is -2.06. The van der Waals surface area contributed by atoms with Crippen LogP contribution in [0.3, 0.4) is 0 Å². The zero-order valence-corrected chi connectivity index (χ0v) is 11.7. The average molecular weight is 272 g/mol. The van der Waals surface area contributed by atoms with E-state index >= 15 is 0 Å². The van der Waals surface area contributed by atoms with Crippen molar-refractivity contribution >= 4 is 11.7 Å². The Kier molecular flexibility index (Phi) is 4.59. The molecule has 1 aromatic carbocycles. The maximum Gasteiger partial charge on any atom is 0.321 e. The van der Waals surface area contributed by atoms with Crippen molar-refractivity contribution in [2.75, 3.05) is 18.4 Å².